The third-order valence-electron chi connectivity index (χ3n) is 3.33. The summed E-state index contributed by atoms with van der Waals surface area (Å²) in [6, 6.07) is 0.730. The molecule has 5 heteroatoms. The molecule has 5 nitrogen and oxygen atoms in total. The van der Waals surface area contributed by atoms with Gasteiger partial charge in [0.1, 0.15) is 5.82 Å². The number of rotatable bonds is 6. The molecule has 1 aliphatic carbocycles. The second-order valence-electron chi connectivity index (χ2n) is 4.96. The Morgan fingerprint density at radius 2 is 2.33 bits per heavy atom. The fourth-order valence-corrected chi connectivity index (χ4v) is 2.08. The lowest BCUT2D eigenvalue weighted by atomic mass is 10.2. The monoisotopic (exact) mass is 245 g/mol. The molecule has 1 N–H and O–H groups in total. The zero-order chi connectivity index (χ0) is 12.4. The highest BCUT2D eigenvalue weighted by Gasteiger charge is 2.20. The second-order valence-corrected chi connectivity index (χ2v) is 4.96. The summed E-state index contributed by atoms with van der Waals surface area (Å²) in [6.45, 7) is 1.85. The SMILES string of the molecule is Cn1cc(CCn2ccnc2CNC2CC2)cn1. The van der Waals surface area contributed by atoms with Crippen LogP contribution in [0.1, 0.15) is 24.2 Å². The van der Waals surface area contributed by atoms with Crippen LogP contribution >= 0.6 is 0 Å². The molecule has 0 spiro atoms. The number of aryl methyl sites for hydroxylation is 3. The average molecular weight is 245 g/mol. The third kappa shape index (κ3) is 2.79. The van der Waals surface area contributed by atoms with Crippen molar-refractivity contribution >= 4 is 0 Å². The van der Waals surface area contributed by atoms with Crippen molar-refractivity contribution in [2.75, 3.05) is 0 Å². The van der Waals surface area contributed by atoms with Gasteiger partial charge in [-0.25, -0.2) is 4.98 Å². The highest BCUT2D eigenvalue weighted by molar-refractivity contribution is 5.04. The minimum Gasteiger partial charge on any atom is -0.334 e. The smallest absolute Gasteiger partial charge is 0.122 e. The molecule has 1 fully saturated rings. The molecule has 0 bridgehead atoms. The summed E-state index contributed by atoms with van der Waals surface area (Å²) in [6.07, 6.45) is 11.6. The van der Waals surface area contributed by atoms with Crippen molar-refractivity contribution in [3.05, 3.63) is 36.2 Å². The number of aromatic nitrogens is 4. The molecular formula is C13H19N5. The number of nitrogens with zero attached hydrogens (tertiary/aromatic N) is 4. The van der Waals surface area contributed by atoms with Crippen LogP contribution in [0.4, 0.5) is 0 Å². The lowest BCUT2D eigenvalue weighted by molar-refractivity contribution is 0.592. The Balaban J connectivity index is 1.56. The molecule has 96 valence electrons. The van der Waals surface area contributed by atoms with Crippen LogP contribution < -0.4 is 5.32 Å². The van der Waals surface area contributed by atoms with Crippen molar-refractivity contribution in [1.82, 2.24) is 24.6 Å². The fourth-order valence-electron chi connectivity index (χ4n) is 2.08. The maximum Gasteiger partial charge on any atom is 0.122 e. The lowest BCUT2D eigenvalue weighted by Crippen LogP contribution is -2.19. The van der Waals surface area contributed by atoms with E-state index in [0.29, 0.717) is 0 Å². The van der Waals surface area contributed by atoms with Crippen molar-refractivity contribution in [3.63, 3.8) is 0 Å². The summed E-state index contributed by atoms with van der Waals surface area (Å²) < 4.78 is 4.07. The van der Waals surface area contributed by atoms with Crippen LogP contribution in [0.5, 0.6) is 0 Å². The molecule has 0 atom stereocenters. The van der Waals surface area contributed by atoms with E-state index in [1.807, 2.05) is 24.1 Å². The van der Waals surface area contributed by atoms with Gasteiger partial charge in [-0.05, 0) is 24.8 Å². The van der Waals surface area contributed by atoms with Gasteiger partial charge in [-0.3, -0.25) is 4.68 Å². The summed E-state index contributed by atoms with van der Waals surface area (Å²) in [5.41, 5.74) is 1.27. The number of hydrogen-bond acceptors (Lipinski definition) is 3. The molecule has 0 unspecified atom stereocenters. The largest absolute Gasteiger partial charge is 0.334 e. The van der Waals surface area contributed by atoms with E-state index in [2.05, 4.69) is 32.4 Å². The van der Waals surface area contributed by atoms with Crippen LogP contribution in [0.3, 0.4) is 0 Å². The summed E-state index contributed by atoms with van der Waals surface area (Å²) in [5.74, 6) is 1.13. The summed E-state index contributed by atoms with van der Waals surface area (Å²) >= 11 is 0. The highest BCUT2D eigenvalue weighted by Crippen LogP contribution is 2.19. The quantitative estimate of drug-likeness (QED) is 0.829. The second kappa shape index (κ2) is 4.94. The van der Waals surface area contributed by atoms with Gasteiger partial charge in [0, 0.05) is 38.2 Å². The van der Waals surface area contributed by atoms with Gasteiger partial charge in [0.05, 0.1) is 12.7 Å². The molecule has 3 rings (SSSR count). The molecule has 18 heavy (non-hydrogen) atoms. The van der Waals surface area contributed by atoms with E-state index in [-0.39, 0.29) is 0 Å². The fraction of sp³-hybridized carbons (Fsp3) is 0.538. The minimum absolute atomic E-state index is 0.730. The Morgan fingerprint density at radius 3 is 3.06 bits per heavy atom. The molecular weight excluding hydrogens is 226 g/mol. The van der Waals surface area contributed by atoms with Gasteiger partial charge in [-0.2, -0.15) is 5.10 Å². The molecule has 0 aromatic carbocycles. The standard InChI is InChI=1S/C13H19N5/c1-17-10-11(8-16-17)4-6-18-7-5-14-13(18)9-15-12-2-3-12/h5,7-8,10,12,15H,2-4,6,9H2,1H3. The van der Waals surface area contributed by atoms with Gasteiger partial charge in [0.15, 0.2) is 0 Å². The zero-order valence-electron chi connectivity index (χ0n) is 10.7. The first-order valence-corrected chi connectivity index (χ1v) is 6.52. The predicted molar refractivity (Wildman–Crippen MR) is 69.0 cm³/mol. The normalized spacial score (nSPS) is 15.2. The maximum atomic E-state index is 4.41. The predicted octanol–water partition coefficient (Wildman–Crippen LogP) is 1.11. The van der Waals surface area contributed by atoms with Crippen molar-refractivity contribution < 1.29 is 0 Å². The number of hydrogen-bond donors (Lipinski definition) is 1. The molecule has 0 aliphatic heterocycles. The number of imidazole rings is 1. The van der Waals surface area contributed by atoms with Gasteiger partial charge >= 0.3 is 0 Å². The summed E-state index contributed by atoms with van der Waals surface area (Å²) in [4.78, 5) is 4.41. The molecule has 0 amide bonds. The molecule has 0 saturated heterocycles. The van der Waals surface area contributed by atoms with Gasteiger partial charge in [-0.15, -0.1) is 0 Å². The van der Waals surface area contributed by atoms with Crippen molar-refractivity contribution in [1.29, 1.82) is 0 Å². The van der Waals surface area contributed by atoms with E-state index in [9.17, 15) is 0 Å². The third-order valence-corrected chi connectivity index (χ3v) is 3.33. The summed E-state index contributed by atoms with van der Waals surface area (Å²) in [5, 5.41) is 7.69. The first-order chi connectivity index (χ1) is 8.81. The van der Waals surface area contributed by atoms with Crippen LogP contribution in [-0.2, 0) is 26.6 Å². The van der Waals surface area contributed by atoms with E-state index >= 15 is 0 Å². The van der Waals surface area contributed by atoms with Crippen LogP contribution in [0, 0.1) is 0 Å². The molecule has 2 heterocycles. The van der Waals surface area contributed by atoms with Gasteiger partial charge < -0.3 is 9.88 Å². The van der Waals surface area contributed by atoms with Gasteiger partial charge in [0.25, 0.3) is 0 Å². The maximum absolute atomic E-state index is 4.41. The molecule has 0 radical (unpaired) electrons. The van der Waals surface area contributed by atoms with Crippen molar-refractivity contribution in [3.8, 4) is 0 Å². The Kier molecular flexibility index (Phi) is 3.15. The van der Waals surface area contributed by atoms with Crippen molar-refractivity contribution in [2.24, 2.45) is 7.05 Å². The van der Waals surface area contributed by atoms with Gasteiger partial charge in [-0.1, -0.05) is 0 Å². The summed E-state index contributed by atoms with van der Waals surface area (Å²) in [7, 11) is 1.95. The first kappa shape index (κ1) is 11.5. The molecule has 1 aliphatic rings. The Morgan fingerprint density at radius 1 is 1.44 bits per heavy atom. The van der Waals surface area contributed by atoms with Crippen LogP contribution in [-0.4, -0.2) is 25.4 Å². The van der Waals surface area contributed by atoms with E-state index in [4.69, 9.17) is 0 Å². The first-order valence-electron chi connectivity index (χ1n) is 6.52. The highest BCUT2D eigenvalue weighted by atomic mass is 15.2. The van der Waals surface area contributed by atoms with Crippen molar-refractivity contribution in [2.45, 2.75) is 38.4 Å². The van der Waals surface area contributed by atoms with Crippen LogP contribution in [0.25, 0.3) is 0 Å². The van der Waals surface area contributed by atoms with Crippen LogP contribution in [0.2, 0.25) is 0 Å². The Labute approximate surface area is 107 Å². The minimum atomic E-state index is 0.730. The van der Waals surface area contributed by atoms with E-state index in [0.717, 1.165) is 31.4 Å². The van der Waals surface area contributed by atoms with E-state index in [1.165, 1.54) is 18.4 Å². The lowest BCUT2D eigenvalue weighted by Gasteiger charge is -2.07. The van der Waals surface area contributed by atoms with E-state index < -0.39 is 0 Å². The van der Waals surface area contributed by atoms with Crippen LogP contribution in [0.15, 0.2) is 24.8 Å². The topological polar surface area (TPSA) is 47.7 Å². The zero-order valence-corrected chi connectivity index (χ0v) is 10.7. The molecule has 2 aromatic heterocycles. The molecule has 1 saturated carbocycles. The molecule has 2 aromatic rings. The Hall–Kier alpha value is -1.62. The van der Waals surface area contributed by atoms with E-state index in [1.54, 1.807) is 0 Å². The average Bonchev–Trinajstić information content (AvgIpc) is 2.93. The number of nitrogens with one attached hydrogen (secondary N) is 1. The van der Waals surface area contributed by atoms with Gasteiger partial charge in [0.2, 0.25) is 0 Å². The Bertz CT molecular complexity index is 509.